The van der Waals surface area contributed by atoms with Crippen molar-refractivity contribution in [3.05, 3.63) is 120 Å². The van der Waals surface area contributed by atoms with Gasteiger partial charge in [0.15, 0.2) is 0 Å². The molecule has 0 bridgehead atoms. The highest BCUT2D eigenvalue weighted by Gasteiger charge is 2.08. The summed E-state index contributed by atoms with van der Waals surface area (Å²) in [6.45, 7) is 10.2. The summed E-state index contributed by atoms with van der Waals surface area (Å²) < 4.78 is 5.12. The Kier molecular flexibility index (Phi) is 14.5. The van der Waals surface area contributed by atoms with Crippen molar-refractivity contribution in [3.63, 3.8) is 0 Å². The van der Waals surface area contributed by atoms with Crippen molar-refractivity contribution in [2.24, 2.45) is 0 Å². The number of anilines is 3. The number of hydrogen-bond donors (Lipinski definition) is 0. The van der Waals surface area contributed by atoms with Crippen molar-refractivity contribution < 1.29 is 4.74 Å². The molecule has 0 radical (unpaired) electrons. The summed E-state index contributed by atoms with van der Waals surface area (Å²) in [5.74, 6) is 1.78. The van der Waals surface area contributed by atoms with E-state index in [-0.39, 0.29) is 0 Å². The van der Waals surface area contributed by atoms with E-state index in [0.29, 0.717) is 0 Å². The first-order valence-corrected chi connectivity index (χ1v) is 14.5. The van der Waals surface area contributed by atoms with E-state index in [1.165, 1.54) is 21.7 Å². The SMILES string of the molecule is CC.CC.CCc1cccc2c1=CCC=CC=2N(C)c1ccncc1.COc1ccc(N(C)c2ccccn2)cc1. The molecule has 1 aliphatic rings. The third-order valence-electron chi connectivity index (χ3n) is 6.45. The third-order valence-corrected chi connectivity index (χ3v) is 6.45. The van der Waals surface area contributed by atoms with Gasteiger partial charge in [-0.3, -0.25) is 4.98 Å². The zero-order chi connectivity index (χ0) is 30.0. The predicted octanol–water partition coefficient (Wildman–Crippen LogP) is 7.54. The molecule has 0 N–H and O–H groups in total. The molecule has 216 valence electrons. The van der Waals surface area contributed by atoms with Crippen molar-refractivity contribution in [1.29, 1.82) is 0 Å². The second-order valence-corrected chi connectivity index (χ2v) is 8.67. The van der Waals surface area contributed by atoms with E-state index in [2.05, 4.69) is 65.3 Å². The van der Waals surface area contributed by atoms with Gasteiger partial charge in [0.05, 0.1) is 7.11 Å². The Balaban J connectivity index is 0.000000263. The van der Waals surface area contributed by atoms with Gasteiger partial charge in [-0.05, 0) is 78.2 Å². The van der Waals surface area contributed by atoms with Gasteiger partial charge in [-0.15, -0.1) is 0 Å². The fourth-order valence-corrected chi connectivity index (χ4v) is 4.33. The maximum absolute atomic E-state index is 5.12. The zero-order valence-corrected chi connectivity index (χ0v) is 26.0. The number of aryl methyl sites for hydroxylation is 1. The van der Waals surface area contributed by atoms with Gasteiger partial charge in [0.1, 0.15) is 11.6 Å². The van der Waals surface area contributed by atoms with Gasteiger partial charge in [-0.25, -0.2) is 4.98 Å². The van der Waals surface area contributed by atoms with Crippen LogP contribution >= 0.6 is 0 Å². The molecule has 5 nitrogen and oxygen atoms in total. The summed E-state index contributed by atoms with van der Waals surface area (Å²) in [6.07, 6.45) is 14.3. The normalized spacial score (nSPS) is 11.0. The van der Waals surface area contributed by atoms with Crippen molar-refractivity contribution in [1.82, 2.24) is 9.97 Å². The average molecular weight is 551 g/mol. The Hall–Kier alpha value is -4.38. The van der Waals surface area contributed by atoms with Crippen LogP contribution in [0.15, 0.2) is 104 Å². The number of likely N-dealkylation sites (N-methyl/N-ethyl adjacent to an activating group) is 1. The number of allylic oxidation sites excluding steroid dienone is 1. The molecule has 0 atom stereocenters. The molecule has 2 heterocycles. The highest BCUT2D eigenvalue weighted by atomic mass is 16.5. The topological polar surface area (TPSA) is 41.5 Å². The second kappa shape index (κ2) is 18.1. The Labute approximate surface area is 247 Å². The van der Waals surface area contributed by atoms with E-state index in [1.807, 2.05) is 107 Å². The summed E-state index contributed by atoms with van der Waals surface area (Å²) in [5.41, 5.74) is 4.89. The number of aromatic nitrogens is 2. The molecule has 41 heavy (non-hydrogen) atoms. The molecule has 0 unspecified atom stereocenters. The number of benzene rings is 2. The van der Waals surface area contributed by atoms with Crippen LogP contribution in [0.5, 0.6) is 5.75 Å². The molecule has 5 rings (SSSR count). The Bertz CT molecular complexity index is 1430. The van der Waals surface area contributed by atoms with Gasteiger partial charge >= 0.3 is 0 Å². The maximum atomic E-state index is 5.12. The average Bonchev–Trinajstić information content (AvgIpc) is 3.30. The van der Waals surface area contributed by atoms with Gasteiger partial charge in [0.2, 0.25) is 0 Å². The zero-order valence-electron chi connectivity index (χ0n) is 26.0. The molecule has 0 aliphatic heterocycles. The van der Waals surface area contributed by atoms with E-state index in [1.54, 1.807) is 13.3 Å². The first-order chi connectivity index (χ1) is 20.1. The largest absolute Gasteiger partial charge is 0.497 e. The molecule has 5 heteroatoms. The lowest BCUT2D eigenvalue weighted by molar-refractivity contribution is 0.415. The monoisotopic (exact) mass is 550 g/mol. The lowest BCUT2D eigenvalue weighted by Crippen LogP contribution is -2.34. The van der Waals surface area contributed by atoms with Crippen molar-refractivity contribution in [2.45, 2.75) is 47.5 Å². The first kappa shape index (κ1) is 32.8. The summed E-state index contributed by atoms with van der Waals surface area (Å²) in [4.78, 5) is 12.7. The number of methoxy groups -OCH3 is 1. The molecule has 4 aromatic rings. The van der Waals surface area contributed by atoms with E-state index in [0.717, 1.165) is 35.8 Å². The molecular weight excluding hydrogens is 504 g/mol. The molecule has 2 aromatic heterocycles. The maximum Gasteiger partial charge on any atom is 0.132 e. The lowest BCUT2D eigenvalue weighted by atomic mass is 10.1. The fraction of sp³-hybridized carbons (Fsp3) is 0.278. The number of nitrogens with zero attached hydrogens (tertiary/aromatic N) is 4. The van der Waals surface area contributed by atoms with E-state index in [4.69, 9.17) is 4.74 Å². The molecule has 0 spiro atoms. The number of hydrogen-bond acceptors (Lipinski definition) is 5. The van der Waals surface area contributed by atoms with Crippen LogP contribution in [0.25, 0.3) is 11.8 Å². The summed E-state index contributed by atoms with van der Waals surface area (Å²) in [5, 5.41) is 2.68. The van der Waals surface area contributed by atoms with Crippen LogP contribution in [0, 0.1) is 0 Å². The van der Waals surface area contributed by atoms with Gasteiger partial charge in [0, 0.05) is 55.0 Å². The van der Waals surface area contributed by atoms with Crippen LogP contribution in [0.2, 0.25) is 0 Å². The molecule has 0 saturated heterocycles. The molecular formula is C36H46N4O. The quantitative estimate of drug-likeness (QED) is 0.248. The van der Waals surface area contributed by atoms with Crippen LogP contribution in [0.1, 0.15) is 46.6 Å². The molecule has 0 saturated carbocycles. The highest BCUT2D eigenvalue weighted by molar-refractivity contribution is 5.74. The number of fused-ring (bicyclic) bond motifs is 1. The van der Waals surface area contributed by atoms with E-state index in [9.17, 15) is 0 Å². The van der Waals surface area contributed by atoms with Crippen LogP contribution in [0.4, 0.5) is 17.2 Å². The fourth-order valence-electron chi connectivity index (χ4n) is 4.33. The van der Waals surface area contributed by atoms with Gasteiger partial charge in [-0.1, -0.05) is 71.0 Å². The van der Waals surface area contributed by atoms with Gasteiger partial charge in [0.25, 0.3) is 0 Å². The summed E-state index contributed by atoms with van der Waals surface area (Å²) in [6, 6.07) is 24.4. The minimum Gasteiger partial charge on any atom is -0.497 e. The summed E-state index contributed by atoms with van der Waals surface area (Å²) >= 11 is 0. The van der Waals surface area contributed by atoms with Crippen molar-refractivity contribution >= 4 is 29.0 Å². The number of rotatable bonds is 6. The van der Waals surface area contributed by atoms with Crippen molar-refractivity contribution in [2.75, 3.05) is 31.0 Å². The first-order valence-electron chi connectivity index (χ1n) is 14.5. The van der Waals surface area contributed by atoms with Gasteiger partial charge < -0.3 is 14.5 Å². The molecule has 1 aliphatic carbocycles. The number of pyridine rings is 2. The molecule has 0 fully saturated rings. The van der Waals surface area contributed by atoms with Crippen LogP contribution in [-0.4, -0.2) is 31.2 Å². The Morgan fingerprint density at radius 2 is 1.44 bits per heavy atom. The van der Waals surface area contributed by atoms with E-state index < -0.39 is 0 Å². The minimum absolute atomic E-state index is 0.859. The van der Waals surface area contributed by atoms with Crippen LogP contribution in [-0.2, 0) is 6.42 Å². The second-order valence-electron chi connectivity index (χ2n) is 8.67. The highest BCUT2D eigenvalue weighted by Crippen LogP contribution is 2.23. The lowest BCUT2D eigenvalue weighted by Gasteiger charge is -2.20. The molecule has 2 aromatic carbocycles. The van der Waals surface area contributed by atoms with Crippen LogP contribution < -0.4 is 25.0 Å². The standard InChI is InChI=1S/C19H20N2.C13H14N2O.2C2H6/c1-3-15-7-6-9-18-17(15)8-4-5-10-19(18)21(2)16-11-13-20-14-12-16;1-15(13-5-3-4-10-14-13)11-6-8-12(16-2)9-7-11;2*1-2/h5-14H,3-4H2,1-2H3;3-10H,1-2H3;2*1-2H3. The number of ether oxygens (including phenoxy) is 1. The minimum atomic E-state index is 0.859. The van der Waals surface area contributed by atoms with Gasteiger partial charge in [-0.2, -0.15) is 0 Å². The van der Waals surface area contributed by atoms with Crippen molar-refractivity contribution in [3.8, 4) is 5.75 Å². The Morgan fingerprint density at radius 3 is 2.05 bits per heavy atom. The van der Waals surface area contributed by atoms with Crippen LogP contribution in [0.3, 0.4) is 0 Å². The molecule has 0 amide bonds. The predicted molar refractivity (Wildman–Crippen MR) is 177 cm³/mol. The Morgan fingerprint density at radius 1 is 0.756 bits per heavy atom. The summed E-state index contributed by atoms with van der Waals surface area (Å²) in [7, 11) is 5.77. The van der Waals surface area contributed by atoms with E-state index >= 15 is 0 Å². The third kappa shape index (κ3) is 9.07. The smallest absolute Gasteiger partial charge is 0.132 e.